The van der Waals surface area contributed by atoms with E-state index in [0.29, 0.717) is 24.7 Å². The predicted molar refractivity (Wildman–Crippen MR) is 129 cm³/mol. The number of anilines is 2. The highest BCUT2D eigenvalue weighted by Crippen LogP contribution is 2.32. The van der Waals surface area contributed by atoms with Crippen LogP contribution in [0, 0.1) is 0 Å². The van der Waals surface area contributed by atoms with E-state index in [9.17, 15) is 9.59 Å². The zero-order chi connectivity index (χ0) is 23.3. The number of piperidine rings is 1. The Morgan fingerprint density at radius 3 is 2.47 bits per heavy atom. The number of hydrogen-bond acceptors (Lipinski definition) is 4. The second-order valence-corrected chi connectivity index (χ2v) is 8.33. The first-order valence-corrected chi connectivity index (χ1v) is 11.1. The number of amides is 3. The van der Waals surface area contributed by atoms with Gasteiger partial charge >= 0.3 is 6.03 Å². The van der Waals surface area contributed by atoms with Gasteiger partial charge in [0.05, 0.1) is 7.11 Å². The number of likely N-dealkylation sites (tertiary alicyclic amines) is 1. The van der Waals surface area contributed by atoms with Crippen molar-refractivity contribution >= 4 is 36.2 Å². The third-order valence-electron chi connectivity index (χ3n) is 5.92. The predicted octanol–water partition coefficient (Wildman–Crippen LogP) is 3.64. The van der Waals surface area contributed by atoms with Gasteiger partial charge in [0, 0.05) is 37.3 Å². The number of methoxy groups -OCH3 is 1. The first kappa shape index (κ1) is 23.6. The molecule has 0 unspecified atom stereocenters. The van der Waals surface area contributed by atoms with Gasteiger partial charge in [-0.05, 0) is 42.5 Å². The quantitative estimate of drug-likeness (QED) is 0.704. The Kier molecular flexibility index (Phi) is 7.77. The highest BCUT2D eigenvalue weighted by Gasteiger charge is 2.32. The number of urea groups is 1. The Bertz CT molecular complexity index is 958. The number of carbonyl (C=O) groups excluding carboxylic acids is 2. The van der Waals surface area contributed by atoms with Crippen molar-refractivity contribution < 1.29 is 14.3 Å². The lowest BCUT2D eigenvalue weighted by Gasteiger charge is -2.39. The van der Waals surface area contributed by atoms with Crippen LogP contribution in [0.5, 0.6) is 5.88 Å². The van der Waals surface area contributed by atoms with Crippen molar-refractivity contribution in [3.63, 3.8) is 0 Å². The minimum atomic E-state index is -0.229. The zero-order valence-electron chi connectivity index (χ0n) is 19.6. The van der Waals surface area contributed by atoms with Gasteiger partial charge in [-0.15, -0.1) is 0 Å². The zero-order valence-corrected chi connectivity index (χ0v) is 19.6. The summed E-state index contributed by atoms with van der Waals surface area (Å²) in [6, 6.07) is 11.4. The fourth-order valence-corrected chi connectivity index (χ4v) is 4.15. The number of hydrogen-bond donors (Lipinski definition) is 1. The summed E-state index contributed by atoms with van der Waals surface area (Å²) in [5.41, 5.74) is 3.30. The molecule has 1 saturated heterocycles. The minimum Gasteiger partial charge on any atom is -0.480 e. The molecule has 7 nitrogen and oxygen atoms in total. The number of nitrogens with zero attached hydrogens (tertiary/aromatic N) is 3. The normalized spacial score (nSPS) is 14.2. The van der Waals surface area contributed by atoms with Crippen molar-refractivity contribution in [2.24, 2.45) is 0 Å². The summed E-state index contributed by atoms with van der Waals surface area (Å²) >= 11 is 0. The van der Waals surface area contributed by atoms with E-state index >= 15 is 0 Å². The van der Waals surface area contributed by atoms with Gasteiger partial charge in [-0.2, -0.15) is 0 Å². The van der Waals surface area contributed by atoms with Gasteiger partial charge < -0.3 is 15.0 Å². The molecule has 1 radical (unpaired) electrons. The van der Waals surface area contributed by atoms with Crippen molar-refractivity contribution in [3.05, 3.63) is 42.0 Å². The maximum absolute atomic E-state index is 13.7. The van der Waals surface area contributed by atoms with E-state index in [-0.39, 0.29) is 23.9 Å². The molecule has 0 bridgehead atoms. The van der Waals surface area contributed by atoms with Gasteiger partial charge in [0.25, 0.3) is 0 Å². The third kappa shape index (κ3) is 5.23. The number of benzene rings is 1. The van der Waals surface area contributed by atoms with Crippen molar-refractivity contribution in [2.75, 3.05) is 30.4 Å². The van der Waals surface area contributed by atoms with Crippen LogP contribution in [0.3, 0.4) is 0 Å². The molecule has 3 amide bonds. The second-order valence-electron chi connectivity index (χ2n) is 8.33. The lowest BCUT2D eigenvalue weighted by atomic mass is 9.77. The molecule has 0 saturated carbocycles. The molecule has 2 heterocycles. The summed E-state index contributed by atoms with van der Waals surface area (Å²) in [5, 5.41) is 3.01. The van der Waals surface area contributed by atoms with Gasteiger partial charge in [-0.3, -0.25) is 9.69 Å². The smallest absolute Gasteiger partial charge is 0.326 e. The first-order valence-electron chi connectivity index (χ1n) is 11.1. The molecule has 3 rings (SSSR count). The number of pyridine rings is 1. The average molecular weight is 435 g/mol. The van der Waals surface area contributed by atoms with Crippen LogP contribution < -0.4 is 20.5 Å². The van der Waals surface area contributed by atoms with Crippen molar-refractivity contribution in [1.29, 1.82) is 0 Å². The molecule has 8 heteroatoms. The molecule has 1 aliphatic rings. The molecule has 32 heavy (non-hydrogen) atoms. The number of ether oxygens (including phenoxy) is 1. The maximum Gasteiger partial charge on any atom is 0.326 e. The fourth-order valence-electron chi connectivity index (χ4n) is 4.15. The van der Waals surface area contributed by atoms with E-state index < -0.39 is 0 Å². The van der Waals surface area contributed by atoms with E-state index in [2.05, 4.69) is 30.2 Å². The number of carbonyl (C=O) groups is 2. The van der Waals surface area contributed by atoms with E-state index in [4.69, 9.17) is 4.74 Å². The Balaban J connectivity index is 1.94. The van der Waals surface area contributed by atoms with Crippen LogP contribution in [0.1, 0.15) is 45.1 Å². The Labute approximate surface area is 191 Å². The summed E-state index contributed by atoms with van der Waals surface area (Å²) < 4.78 is 5.41. The van der Waals surface area contributed by atoms with Gasteiger partial charge in [0.1, 0.15) is 5.69 Å². The molecule has 169 valence electrons. The van der Waals surface area contributed by atoms with Crippen molar-refractivity contribution in [1.82, 2.24) is 9.88 Å². The largest absolute Gasteiger partial charge is 0.480 e. The summed E-state index contributed by atoms with van der Waals surface area (Å²) in [7, 11) is 3.42. The van der Waals surface area contributed by atoms with E-state index in [1.54, 1.807) is 14.0 Å². The van der Waals surface area contributed by atoms with Crippen molar-refractivity contribution in [3.8, 4) is 5.88 Å². The Hall–Kier alpha value is -3.03. The number of nitrogens with one attached hydrogen (secondary N) is 1. The monoisotopic (exact) mass is 435 g/mol. The van der Waals surface area contributed by atoms with Gasteiger partial charge in [-0.1, -0.05) is 38.9 Å². The van der Waals surface area contributed by atoms with E-state index in [1.807, 2.05) is 54.2 Å². The molecular weight excluding hydrogens is 403 g/mol. The molecule has 2 aromatic rings. The minimum absolute atomic E-state index is 0.0206. The summed E-state index contributed by atoms with van der Waals surface area (Å²) in [6.07, 6.45) is 1.44. The molecule has 1 aromatic heterocycles. The summed E-state index contributed by atoms with van der Waals surface area (Å²) in [4.78, 5) is 33.6. The van der Waals surface area contributed by atoms with Crippen LogP contribution in [0.4, 0.5) is 16.2 Å². The van der Waals surface area contributed by atoms with Crippen LogP contribution >= 0.6 is 0 Å². The van der Waals surface area contributed by atoms with Crippen LogP contribution in [-0.4, -0.2) is 55.3 Å². The number of rotatable bonds is 6. The van der Waals surface area contributed by atoms with Crippen LogP contribution in [0.25, 0.3) is 0 Å². The van der Waals surface area contributed by atoms with E-state index in [1.165, 1.54) is 0 Å². The SMILES string of the molecule is C[B]c1ccc(NC(=O)N(c2ccccc2C(C)C)C2CCN(C(C)=O)CC2)c(OC)n1. The molecule has 0 aliphatic carbocycles. The molecule has 1 fully saturated rings. The molecule has 1 aromatic carbocycles. The Morgan fingerprint density at radius 2 is 1.88 bits per heavy atom. The molecule has 0 spiro atoms. The average Bonchev–Trinajstić information content (AvgIpc) is 2.80. The lowest BCUT2D eigenvalue weighted by Crippen LogP contribution is -2.50. The van der Waals surface area contributed by atoms with Crippen molar-refractivity contribution in [2.45, 2.75) is 52.4 Å². The van der Waals surface area contributed by atoms with Gasteiger partial charge in [-0.25, -0.2) is 9.78 Å². The highest BCUT2D eigenvalue weighted by molar-refractivity contribution is 6.50. The molecule has 0 atom stereocenters. The molecule has 1 N–H and O–H groups in total. The molecular formula is C24H32BN4O3. The molecule has 1 aliphatic heterocycles. The number of aromatic nitrogens is 1. The van der Waals surface area contributed by atoms with Crippen LogP contribution in [0.2, 0.25) is 6.82 Å². The lowest BCUT2D eigenvalue weighted by molar-refractivity contribution is -0.129. The van der Waals surface area contributed by atoms with Gasteiger partial charge in [0.2, 0.25) is 11.8 Å². The maximum atomic E-state index is 13.7. The van der Waals surface area contributed by atoms with Gasteiger partial charge in [0.15, 0.2) is 7.28 Å². The summed E-state index contributed by atoms with van der Waals surface area (Å²) in [5.74, 6) is 0.706. The van der Waals surface area contributed by atoms with E-state index in [0.717, 1.165) is 29.7 Å². The van der Waals surface area contributed by atoms with Crippen LogP contribution in [-0.2, 0) is 4.79 Å². The first-order chi connectivity index (χ1) is 15.3. The Morgan fingerprint density at radius 1 is 1.19 bits per heavy atom. The fraction of sp³-hybridized carbons (Fsp3) is 0.458. The van der Waals surface area contributed by atoms with Crippen LogP contribution in [0.15, 0.2) is 36.4 Å². The third-order valence-corrected chi connectivity index (χ3v) is 5.92. The second kappa shape index (κ2) is 10.5. The highest BCUT2D eigenvalue weighted by atomic mass is 16.5. The number of para-hydroxylation sites is 1. The standard InChI is InChI=1S/C24H32BN4O3/c1-16(2)19-8-6-7-9-21(19)29(18-12-14-28(15-13-18)17(3)30)24(31)26-20-10-11-22(25-4)27-23(20)32-5/h6-11,16,18H,12-15H2,1-5H3,(H,26,31). The topological polar surface area (TPSA) is 74.8 Å². The summed E-state index contributed by atoms with van der Waals surface area (Å²) in [6.45, 7) is 9.02.